The van der Waals surface area contributed by atoms with Crippen molar-refractivity contribution in [3.63, 3.8) is 0 Å². The Morgan fingerprint density at radius 3 is 2.52 bits per heavy atom. The lowest BCUT2D eigenvalue weighted by atomic mass is 10.1. The molecule has 134 valence electrons. The van der Waals surface area contributed by atoms with Crippen LogP contribution in [0.2, 0.25) is 0 Å². The Labute approximate surface area is 147 Å². The summed E-state index contributed by atoms with van der Waals surface area (Å²) in [6.45, 7) is 6.11. The number of nitrogens with one attached hydrogen (secondary N) is 1. The molecule has 1 N–H and O–H groups in total. The first-order chi connectivity index (χ1) is 11.9. The van der Waals surface area contributed by atoms with Crippen LogP contribution in [0.5, 0.6) is 0 Å². The zero-order chi connectivity index (χ0) is 18.4. The van der Waals surface area contributed by atoms with Crippen LogP contribution < -0.4 is 5.43 Å². The van der Waals surface area contributed by atoms with Crippen molar-refractivity contribution < 1.29 is 12.8 Å². The van der Waals surface area contributed by atoms with Gasteiger partial charge in [-0.2, -0.15) is 9.41 Å². The highest BCUT2D eigenvalue weighted by atomic mass is 32.2. The fourth-order valence-corrected chi connectivity index (χ4v) is 3.63. The zero-order valence-electron chi connectivity index (χ0n) is 14.4. The van der Waals surface area contributed by atoms with Crippen molar-refractivity contribution in [1.82, 2.24) is 9.29 Å². The van der Waals surface area contributed by atoms with Crippen LogP contribution in [0.4, 0.5) is 10.2 Å². The monoisotopic (exact) mass is 364 g/mol. The summed E-state index contributed by atoms with van der Waals surface area (Å²) in [7, 11) is -3.53. The third-order valence-corrected chi connectivity index (χ3v) is 5.69. The number of pyridine rings is 1. The molecule has 0 aliphatic carbocycles. The average Bonchev–Trinajstić information content (AvgIpc) is 2.61. The normalized spacial score (nSPS) is 12.4. The SMILES string of the molecule is CCN(CC)S(=O)(=O)c1ccc(N/N=C(\C)c2cccc(F)c2)nc1. The van der Waals surface area contributed by atoms with E-state index in [1.165, 1.54) is 28.7 Å². The maximum Gasteiger partial charge on any atom is 0.244 e. The van der Waals surface area contributed by atoms with Gasteiger partial charge in [-0.3, -0.25) is 5.43 Å². The molecule has 0 saturated carbocycles. The molecule has 8 heteroatoms. The van der Waals surface area contributed by atoms with Crippen molar-refractivity contribution in [2.45, 2.75) is 25.7 Å². The lowest BCUT2D eigenvalue weighted by molar-refractivity contribution is 0.445. The minimum atomic E-state index is -3.53. The van der Waals surface area contributed by atoms with E-state index in [0.29, 0.717) is 30.2 Å². The molecule has 0 atom stereocenters. The predicted molar refractivity (Wildman–Crippen MR) is 96.6 cm³/mol. The standard InChI is InChI=1S/C17H21FN4O2S/c1-4-22(5-2)25(23,24)16-9-10-17(19-12-16)21-20-13(3)14-7-6-8-15(18)11-14/h6-12H,4-5H2,1-3H3,(H,19,21)/b20-13+. The van der Waals surface area contributed by atoms with Gasteiger partial charge in [0.2, 0.25) is 10.0 Å². The first-order valence-electron chi connectivity index (χ1n) is 7.91. The summed E-state index contributed by atoms with van der Waals surface area (Å²) < 4.78 is 39.4. The minimum absolute atomic E-state index is 0.132. The number of anilines is 1. The van der Waals surface area contributed by atoms with E-state index in [4.69, 9.17) is 0 Å². The van der Waals surface area contributed by atoms with E-state index in [1.807, 2.05) is 0 Å². The van der Waals surface area contributed by atoms with Gasteiger partial charge in [0, 0.05) is 24.8 Å². The van der Waals surface area contributed by atoms with Crippen LogP contribution in [0.1, 0.15) is 26.3 Å². The molecular formula is C17H21FN4O2S. The number of benzene rings is 1. The van der Waals surface area contributed by atoms with Crippen LogP contribution >= 0.6 is 0 Å². The molecule has 2 aromatic rings. The number of sulfonamides is 1. The quantitative estimate of drug-likeness (QED) is 0.605. The Balaban J connectivity index is 2.14. The Kier molecular flexibility index (Phi) is 6.22. The van der Waals surface area contributed by atoms with Crippen LogP contribution in [0.15, 0.2) is 52.6 Å². The first kappa shape index (κ1) is 19.0. The molecule has 25 heavy (non-hydrogen) atoms. The van der Waals surface area contributed by atoms with Crippen molar-refractivity contribution in [1.29, 1.82) is 0 Å². The number of nitrogens with zero attached hydrogens (tertiary/aromatic N) is 3. The van der Waals surface area contributed by atoms with Gasteiger partial charge in [-0.15, -0.1) is 0 Å². The van der Waals surface area contributed by atoms with Crippen molar-refractivity contribution in [2.75, 3.05) is 18.5 Å². The molecule has 0 aliphatic rings. The Bertz CT molecular complexity index is 847. The van der Waals surface area contributed by atoms with E-state index < -0.39 is 10.0 Å². The molecular weight excluding hydrogens is 343 g/mol. The molecule has 1 aromatic heterocycles. The molecule has 6 nitrogen and oxygen atoms in total. The zero-order valence-corrected chi connectivity index (χ0v) is 15.2. The smallest absolute Gasteiger partial charge is 0.244 e. The number of hydrogen-bond donors (Lipinski definition) is 1. The molecule has 0 unspecified atom stereocenters. The molecule has 2 rings (SSSR count). The highest BCUT2D eigenvalue weighted by Crippen LogP contribution is 2.16. The van der Waals surface area contributed by atoms with Gasteiger partial charge in [0.15, 0.2) is 0 Å². The minimum Gasteiger partial charge on any atom is -0.261 e. The van der Waals surface area contributed by atoms with Gasteiger partial charge in [-0.05, 0) is 31.2 Å². The van der Waals surface area contributed by atoms with E-state index in [9.17, 15) is 12.8 Å². The van der Waals surface area contributed by atoms with Gasteiger partial charge in [0.25, 0.3) is 0 Å². The van der Waals surface area contributed by atoms with Gasteiger partial charge in [-0.25, -0.2) is 17.8 Å². The Morgan fingerprint density at radius 2 is 1.96 bits per heavy atom. The highest BCUT2D eigenvalue weighted by Gasteiger charge is 2.21. The Hall–Kier alpha value is -2.32. The van der Waals surface area contributed by atoms with Crippen molar-refractivity contribution in [3.8, 4) is 0 Å². The summed E-state index contributed by atoms with van der Waals surface area (Å²) in [4.78, 5) is 4.21. The molecule has 0 radical (unpaired) electrons. The van der Waals surface area contributed by atoms with E-state index in [1.54, 1.807) is 39.0 Å². The summed E-state index contributed by atoms with van der Waals surface area (Å²) in [5, 5.41) is 4.14. The lowest BCUT2D eigenvalue weighted by Crippen LogP contribution is -2.30. The molecule has 1 heterocycles. The molecule has 0 fully saturated rings. The molecule has 0 amide bonds. The van der Waals surface area contributed by atoms with Gasteiger partial charge in [-0.1, -0.05) is 26.0 Å². The van der Waals surface area contributed by atoms with E-state index >= 15 is 0 Å². The van der Waals surface area contributed by atoms with Crippen LogP contribution in [-0.4, -0.2) is 36.5 Å². The van der Waals surface area contributed by atoms with Gasteiger partial charge in [0.05, 0.1) is 5.71 Å². The van der Waals surface area contributed by atoms with Crippen molar-refractivity contribution in [2.24, 2.45) is 5.10 Å². The third-order valence-electron chi connectivity index (χ3n) is 3.66. The second-order valence-electron chi connectivity index (χ2n) is 5.29. The number of hydrazone groups is 1. The fourth-order valence-electron chi connectivity index (χ4n) is 2.23. The second kappa shape index (κ2) is 8.17. The third kappa shape index (κ3) is 4.61. The summed E-state index contributed by atoms with van der Waals surface area (Å²) in [5.41, 5.74) is 3.98. The number of aromatic nitrogens is 1. The van der Waals surface area contributed by atoms with Crippen molar-refractivity contribution in [3.05, 3.63) is 54.0 Å². The van der Waals surface area contributed by atoms with Gasteiger partial charge in [0.1, 0.15) is 16.5 Å². The van der Waals surface area contributed by atoms with E-state index in [-0.39, 0.29) is 10.7 Å². The van der Waals surface area contributed by atoms with Crippen LogP contribution in [0, 0.1) is 5.82 Å². The number of halogens is 1. The maximum absolute atomic E-state index is 13.2. The van der Waals surface area contributed by atoms with E-state index in [0.717, 1.165) is 0 Å². The first-order valence-corrected chi connectivity index (χ1v) is 9.35. The molecule has 0 aliphatic heterocycles. The van der Waals surface area contributed by atoms with E-state index in [2.05, 4.69) is 15.5 Å². The fraction of sp³-hybridized carbons (Fsp3) is 0.294. The molecule has 0 saturated heterocycles. The Morgan fingerprint density at radius 1 is 1.24 bits per heavy atom. The average molecular weight is 364 g/mol. The second-order valence-corrected chi connectivity index (χ2v) is 7.23. The molecule has 0 bridgehead atoms. The number of rotatable bonds is 7. The largest absolute Gasteiger partial charge is 0.261 e. The van der Waals surface area contributed by atoms with Crippen LogP contribution in [0.3, 0.4) is 0 Å². The van der Waals surface area contributed by atoms with Crippen LogP contribution in [0.25, 0.3) is 0 Å². The van der Waals surface area contributed by atoms with Crippen molar-refractivity contribution >= 4 is 21.6 Å². The highest BCUT2D eigenvalue weighted by molar-refractivity contribution is 7.89. The maximum atomic E-state index is 13.2. The topological polar surface area (TPSA) is 74.7 Å². The molecule has 0 spiro atoms. The van der Waals surface area contributed by atoms with Crippen LogP contribution in [-0.2, 0) is 10.0 Å². The lowest BCUT2D eigenvalue weighted by Gasteiger charge is -2.18. The summed E-state index contributed by atoms with van der Waals surface area (Å²) in [5.74, 6) is 0.0605. The number of hydrogen-bond acceptors (Lipinski definition) is 5. The van der Waals surface area contributed by atoms with Gasteiger partial charge < -0.3 is 0 Å². The molecule has 1 aromatic carbocycles. The summed E-state index contributed by atoms with van der Waals surface area (Å²) in [6, 6.07) is 9.12. The van der Waals surface area contributed by atoms with Gasteiger partial charge >= 0.3 is 0 Å². The summed E-state index contributed by atoms with van der Waals surface area (Å²) >= 11 is 0. The predicted octanol–water partition coefficient (Wildman–Crippen LogP) is 3.09. The summed E-state index contributed by atoms with van der Waals surface area (Å²) in [6.07, 6.45) is 1.29.